The molecule has 0 aliphatic carbocycles. The quantitative estimate of drug-likeness (QED) is 0.353. The minimum Gasteiger partial charge on any atom is -0.459 e. The number of aliphatic imine (C=N–C) groups is 1. The van der Waals surface area contributed by atoms with Crippen LogP contribution in [0.5, 0.6) is 0 Å². The summed E-state index contributed by atoms with van der Waals surface area (Å²) in [4.78, 5) is 32.6. The Morgan fingerprint density at radius 3 is 2.37 bits per heavy atom. The molecule has 0 spiro atoms. The van der Waals surface area contributed by atoms with Gasteiger partial charge in [0.05, 0.1) is 6.26 Å². The van der Waals surface area contributed by atoms with Gasteiger partial charge < -0.3 is 24.9 Å². The zero-order chi connectivity index (χ0) is 20.6. The van der Waals surface area contributed by atoms with Crippen LogP contribution < -0.4 is 10.6 Å². The number of carbonyl (C=O) groups excluding carboxylic acids is 2. The lowest BCUT2D eigenvalue weighted by Crippen LogP contribution is -2.53. The number of hydrogen-bond donors (Lipinski definition) is 2. The van der Waals surface area contributed by atoms with Crippen molar-refractivity contribution in [2.45, 2.75) is 6.92 Å². The van der Waals surface area contributed by atoms with Crippen LogP contribution in [0.3, 0.4) is 0 Å². The molecular weight excluding hydrogens is 504 g/mol. The molecule has 2 N–H and O–H groups in total. The Balaban J connectivity index is 0.00000320. The third kappa shape index (κ3) is 6.44. The molecule has 10 heteroatoms. The van der Waals surface area contributed by atoms with Gasteiger partial charge in [-0.15, -0.1) is 24.0 Å². The maximum absolute atomic E-state index is 12.9. The number of amides is 2. The molecule has 1 aromatic carbocycles. The maximum atomic E-state index is 12.9. The molecular formula is C20H25FIN5O3. The van der Waals surface area contributed by atoms with Crippen LogP contribution in [0.15, 0.2) is 52.1 Å². The Morgan fingerprint density at radius 2 is 1.77 bits per heavy atom. The van der Waals surface area contributed by atoms with E-state index in [1.807, 2.05) is 11.8 Å². The topological polar surface area (TPSA) is 90.2 Å². The summed E-state index contributed by atoms with van der Waals surface area (Å²) in [6.45, 7) is 4.80. The van der Waals surface area contributed by atoms with Gasteiger partial charge in [-0.25, -0.2) is 9.38 Å². The van der Waals surface area contributed by atoms with Gasteiger partial charge in [0.1, 0.15) is 12.4 Å². The van der Waals surface area contributed by atoms with E-state index < -0.39 is 0 Å². The molecule has 0 radical (unpaired) electrons. The summed E-state index contributed by atoms with van der Waals surface area (Å²) >= 11 is 0. The first kappa shape index (κ1) is 23.6. The molecule has 0 saturated carbocycles. The fourth-order valence-corrected chi connectivity index (χ4v) is 2.98. The number of nitrogens with zero attached hydrogens (tertiary/aromatic N) is 3. The first-order valence-corrected chi connectivity index (χ1v) is 9.48. The van der Waals surface area contributed by atoms with Gasteiger partial charge in [-0.05, 0) is 43.3 Å². The SMILES string of the molecule is CCNC(=NCC(=O)Nc1ccc(F)cc1)N1CCN(C(=O)c2ccco2)CC1.I. The van der Waals surface area contributed by atoms with E-state index in [9.17, 15) is 14.0 Å². The van der Waals surface area contributed by atoms with Crippen LogP contribution in [0.4, 0.5) is 10.1 Å². The van der Waals surface area contributed by atoms with Gasteiger partial charge in [0, 0.05) is 38.4 Å². The predicted molar refractivity (Wildman–Crippen MR) is 123 cm³/mol. The molecule has 0 atom stereocenters. The van der Waals surface area contributed by atoms with Crippen LogP contribution in [-0.4, -0.2) is 66.8 Å². The van der Waals surface area contributed by atoms with E-state index in [0.717, 1.165) is 0 Å². The molecule has 2 heterocycles. The molecule has 8 nitrogen and oxygen atoms in total. The zero-order valence-corrected chi connectivity index (χ0v) is 19.0. The molecule has 2 amide bonds. The highest BCUT2D eigenvalue weighted by Gasteiger charge is 2.25. The smallest absolute Gasteiger partial charge is 0.289 e. The van der Waals surface area contributed by atoms with Gasteiger partial charge in [0.15, 0.2) is 11.7 Å². The molecule has 30 heavy (non-hydrogen) atoms. The van der Waals surface area contributed by atoms with Crippen LogP contribution >= 0.6 is 24.0 Å². The minimum atomic E-state index is -0.361. The van der Waals surface area contributed by atoms with Crippen LogP contribution in [0.25, 0.3) is 0 Å². The van der Waals surface area contributed by atoms with Crippen LogP contribution in [-0.2, 0) is 4.79 Å². The molecule has 1 aromatic heterocycles. The Morgan fingerprint density at radius 1 is 1.10 bits per heavy atom. The third-order valence-corrected chi connectivity index (χ3v) is 4.43. The highest BCUT2D eigenvalue weighted by atomic mass is 127. The van der Waals surface area contributed by atoms with E-state index in [0.29, 0.717) is 50.1 Å². The fraction of sp³-hybridized carbons (Fsp3) is 0.350. The van der Waals surface area contributed by atoms with Crippen molar-refractivity contribution in [1.29, 1.82) is 0 Å². The number of nitrogens with one attached hydrogen (secondary N) is 2. The Bertz CT molecular complexity index is 850. The molecule has 1 aliphatic heterocycles. The summed E-state index contributed by atoms with van der Waals surface area (Å²) in [5.74, 6) is 0.164. The number of guanidine groups is 1. The van der Waals surface area contributed by atoms with Crippen molar-refractivity contribution in [2.75, 3.05) is 44.6 Å². The molecule has 162 valence electrons. The number of rotatable bonds is 5. The van der Waals surface area contributed by atoms with Gasteiger partial charge in [0.25, 0.3) is 5.91 Å². The summed E-state index contributed by atoms with van der Waals surface area (Å²) in [6, 6.07) is 8.91. The number of carbonyl (C=O) groups is 2. The summed E-state index contributed by atoms with van der Waals surface area (Å²) in [7, 11) is 0. The van der Waals surface area contributed by atoms with Gasteiger partial charge in [-0.1, -0.05) is 0 Å². The molecule has 1 saturated heterocycles. The molecule has 0 bridgehead atoms. The first-order chi connectivity index (χ1) is 14.1. The third-order valence-electron chi connectivity index (χ3n) is 4.43. The molecule has 2 aromatic rings. The summed E-state index contributed by atoms with van der Waals surface area (Å²) in [5, 5.41) is 5.86. The average molecular weight is 529 g/mol. The van der Waals surface area contributed by atoms with E-state index in [-0.39, 0.29) is 48.2 Å². The second-order valence-corrected chi connectivity index (χ2v) is 6.48. The summed E-state index contributed by atoms with van der Waals surface area (Å²) < 4.78 is 18.1. The molecule has 3 rings (SSSR count). The summed E-state index contributed by atoms with van der Waals surface area (Å²) in [5.41, 5.74) is 0.515. The molecule has 1 fully saturated rings. The van der Waals surface area contributed by atoms with Crippen molar-refractivity contribution in [3.63, 3.8) is 0 Å². The van der Waals surface area contributed by atoms with E-state index in [2.05, 4.69) is 15.6 Å². The van der Waals surface area contributed by atoms with Crippen molar-refractivity contribution in [2.24, 2.45) is 4.99 Å². The second kappa shape index (κ2) is 11.5. The van der Waals surface area contributed by atoms with Crippen molar-refractivity contribution in [3.05, 3.63) is 54.2 Å². The van der Waals surface area contributed by atoms with Gasteiger partial charge in [-0.3, -0.25) is 9.59 Å². The standard InChI is InChI=1S/C20H24FN5O3.HI/c1-2-22-20(23-14-18(27)24-16-7-5-15(21)6-8-16)26-11-9-25(10-12-26)19(28)17-4-3-13-29-17;/h3-8,13H,2,9-12,14H2,1H3,(H,22,23)(H,24,27);1H. The normalized spacial score (nSPS) is 14.1. The lowest BCUT2D eigenvalue weighted by Gasteiger charge is -2.36. The Kier molecular flexibility index (Phi) is 9.09. The minimum absolute atomic E-state index is 0. The first-order valence-electron chi connectivity index (χ1n) is 9.48. The number of furan rings is 1. The van der Waals surface area contributed by atoms with Crippen molar-refractivity contribution < 1.29 is 18.4 Å². The van der Waals surface area contributed by atoms with Gasteiger partial charge in [0.2, 0.25) is 5.91 Å². The Hall–Kier alpha value is -2.63. The predicted octanol–water partition coefficient (Wildman–Crippen LogP) is 2.40. The van der Waals surface area contributed by atoms with E-state index >= 15 is 0 Å². The van der Waals surface area contributed by atoms with Crippen molar-refractivity contribution in [1.82, 2.24) is 15.1 Å². The van der Waals surface area contributed by atoms with Crippen molar-refractivity contribution in [3.8, 4) is 0 Å². The fourth-order valence-electron chi connectivity index (χ4n) is 2.98. The van der Waals surface area contributed by atoms with Crippen LogP contribution in [0, 0.1) is 5.82 Å². The Labute approximate surface area is 191 Å². The number of piperazine rings is 1. The lowest BCUT2D eigenvalue weighted by molar-refractivity contribution is -0.114. The average Bonchev–Trinajstić information content (AvgIpc) is 3.27. The van der Waals surface area contributed by atoms with Gasteiger partial charge >= 0.3 is 0 Å². The highest BCUT2D eigenvalue weighted by molar-refractivity contribution is 14.0. The number of benzene rings is 1. The second-order valence-electron chi connectivity index (χ2n) is 6.48. The summed E-state index contributed by atoms with van der Waals surface area (Å²) in [6.07, 6.45) is 1.48. The van der Waals surface area contributed by atoms with Crippen LogP contribution in [0.1, 0.15) is 17.5 Å². The van der Waals surface area contributed by atoms with E-state index in [1.54, 1.807) is 17.0 Å². The number of anilines is 1. The number of hydrogen-bond acceptors (Lipinski definition) is 4. The number of halogens is 2. The zero-order valence-electron chi connectivity index (χ0n) is 16.6. The van der Waals surface area contributed by atoms with E-state index in [1.165, 1.54) is 30.5 Å². The maximum Gasteiger partial charge on any atom is 0.289 e. The highest BCUT2D eigenvalue weighted by Crippen LogP contribution is 2.10. The monoisotopic (exact) mass is 529 g/mol. The van der Waals surface area contributed by atoms with Gasteiger partial charge in [-0.2, -0.15) is 0 Å². The van der Waals surface area contributed by atoms with E-state index in [4.69, 9.17) is 4.42 Å². The van der Waals surface area contributed by atoms with Crippen molar-refractivity contribution >= 4 is 47.4 Å². The van der Waals surface area contributed by atoms with Crippen LogP contribution in [0.2, 0.25) is 0 Å². The molecule has 0 unspecified atom stereocenters. The lowest BCUT2D eigenvalue weighted by atomic mass is 10.3. The largest absolute Gasteiger partial charge is 0.459 e. The molecule has 1 aliphatic rings.